The Morgan fingerprint density at radius 3 is 2.14 bits per heavy atom. The molecule has 7 rings (SSSR count). The molecule has 5 aliphatic rings. The Balaban J connectivity index is 1.19. The fraction of sp³-hybridized carbons (Fsp3) is 0.357. The summed E-state index contributed by atoms with van der Waals surface area (Å²) in [4.78, 5) is 53.0. The average Bonchev–Trinajstić information content (AvgIpc) is 3.62. The van der Waals surface area contributed by atoms with Crippen molar-refractivity contribution >= 4 is 35.1 Å². The largest absolute Gasteiger partial charge is 0.459 e. The molecule has 7 nitrogen and oxygen atoms in total. The minimum absolute atomic E-state index is 0.147. The fourth-order valence-electron chi connectivity index (χ4n) is 6.17. The number of carbonyl (C=O) groups excluding carboxylic acids is 4. The van der Waals surface area contributed by atoms with Crippen LogP contribution in [0, 0.1) is 35.5 Å². The van der Waals surface area contributed by atoms with E-state index in [-0.39, 0.29) is 47.5 Å². The van der Waals surface area contributed by atoms with Crippen LogP contribution in [-0.2, 0) is 14.3 Å². The van der Waals surface area contributed by atoms with Gasteiger partial charge in [0.1, 0.15) is 0 Å². The van der Waals surface area contributed by atoms with E-state index in [1.165, 1.54) is 4.90 Å². The summed E-state index contributed by atoms with van der Waals surface area (Å²) in [6.45, 7) is 3.56. The predicted molar refractivity (Wildman–Crippen MR) is 129 cm³/mol. The SMILES string of the molecule is CC(C)OC(=O)c1ccc(NC(=O)c2cccc(N3C(=O)[C@@H]4[C@H]5C=C[C@@H]([C@@H]6C[C@H]56)[C@@H]4C3=O)c2)cc1. The lowest BCUT2D eigenvalue weighted by Gasteiger charge is -2.37. The molecule has 2 saturated carbocycles. The topological polar surface area (TPSA) is 92.8 Å². The molecule has 2 bridgehead atoms. The Bertz CT molecular complexity index is 1240. The first-order valence-electron chi connectivity index (χ1n) is 12.1. The second kappa shape index (κ2) is 7.90. The number of esters is 1. The number of ether oxygens (including phenoxy) is 1. The van der Waals surface area contributed by atoms with Gasteiger partial charge in [0.2, 0.25) is 11.8 Å². The number of benzene rings is 2. The van der Waals surface area contributed by atoms with Crippen LogP contribution in [0.15, 0.2) is 60.7 Å². The van der Waals surface area contributed by atoms with Crippen molar-refractivity contribution in [2.75, 3.05) is 10.2 Å². The lowest BCUT2D eigenvalue weighted by atomic mass is 9.63. The van der Waals surface area contributed by atoms with Crippen LogP contribution in [0.5, 0.6) is 0 Å². The molecule has 0 spiro atoms. The Morgan fingerprint density at radius 2 is 1.54 bits per heavy atom. The average molecular weight is 471 g/mol. The highest BCUT2D eigenvalue weighted by Crippen LogP contribution is 2.65. The van der Waals surface area contributed by atoms with E-state index in [9.17, 15) is 19.2 Å². The molecule has 2 aromatic rings. The van der Waals surface area contributed by atoms with E-state index in [4.69, 9.17) is 4.74 Å². The van der Waals surface area contributed by atoms with Gasteiger partial charge in [-0.3, -0.25) is 14.4 Å². The number of allylic oxidation sites excluding steroid dienone is 2. The van der Waals surface area contributed by atoms with Crippen LogP contribution in [0.2, 0.25) is 0 Å². The van der Waals surface area contributed by atoms with E-state index in [0.717, 1.165) is 6.42 Å². The maximum atomic E-state index is 13.4. The van der Waals surface area contributed by atoms with Gasteiger partial charge in [-0.05, 0) is 86.4 Å². The number of hydrogen-bond donors (Lipinski definition) is 1. The molecule has 35 heavy (non-hydrogen) atoms. The molecule has 1 aliphatic heterocycles. The number of nitrogens with zero attached hydrogens (tertiary/aromatic N) is 1. The Kier molecular flexibility index (Phi) is 4.91. The highest BCUT2D eigenvalue weighted by Gasteiger charge is 2.67. The number of carbonyl (C=O) groups is 4. The number of hydrogen-bond acceptors (Lipinski definition) is 5. The van der Waals surface area contributed by atoms with E-state index in [0.29, 0.717) is 34.3 Å². The Morgan fingerprint density at radius 1 is 0.914 bits per heavy atom. The van der Waals surface area contributed by atoms with Crippen molar-refractivity contribution < 1.29 is 23.9 Å². The van der Waals surface area contributed by atoms with Gasteiger partial charge in [-0.15, -0.1) is 0 Å². The normalized spacial score (nSPS) is 29.7. The zero-order chi connectivity index (χ0) is 24.4. The maximum Gasteiger partial charge on any atom is 0.338 e. The van der Waals surface area contributed by atoms with Crippen molar-refractivity contribution in [3.05, 3.63) is 71.8 Å². The first-order chi connectivity index (χ1) is 16.8. The van der Waals surface area contributed by atoms with E-state index in [1.54, 1.807) is 62.4 Å². The molecule has 0 unspecified atom stereocenters. The van der Waals surface area contributed by atoms with E-state index >= 15 is 0 Å². The molecule has 0 aromatic heterocycles. The minimum atomic E-state index is -0.424. The molecular weight excluding hydrogens is 444 g/mol. The van der Waals surface area contributed by atoms with Gasteiger partial charge in [-0.1, -0.05) is 18.2 Å². The second-order valence-corrected chi connectivity index (χ2v) is 10.2. The summed E-state index contributed by atoms with van der Waals surface area (Å²) in [5.74, 6) is -0.253. The van der Waals surface area contributed by atoms with Crippen LogP contribution in [0.3, 0.4) is 0 Å². The number of amides is 3. The lowest BCUT2D eigenvalue weighted by Crippen LogP contribution is -2.40. The van der Waals surface area contributed by atoms with Crippen LogP contribution >= 0.6 is 0 Å². The lowest BCUT2D eigenvalue weighted by molar-refractivity contribution is -0.124. The third-order valence-corrected chi connectivity index (χ3v) is 7.75. The van der Waals surface area contributed by atoms with Gasteiger partial charge < -0.3 is 10.1 Å². The highest BCUT2D eigenvalue weighted by molar-refractivity contribution is 6.23. The van der Waals surface area contributed by atoms with Gasteiger partial charge in [0.05, 0.1) is 29.2 Å². The van der Waals surface area contributed by atoms with E-state index in [1.807, 2.05) is 0 Å². The van der Waals surface area contributed by atoms with Crippen LogP contribution in [-0.4, -0.2) is 29.8 Å². The summed E-state index contributed by atoms with van der Waals surface area (Å²) in [6, 6.07) is 13.1. The van der Waals surface area contributed by atoms with Crippen molar-refractivity contribution in [2.24, 2.45) is 35.5 Å². The van der Waals surface area contributed by atoms with Crippen molar-refractivity contribution in [3.63, 3.8) is 0 Å². The van der Waals surface area contributed by atoms with Gasteiger partial charge in [0.25, 0.3) is 5.91 Å². The standard InChI is InChI=1S/C28H26N2O5/c1-14(2)35-28(34)15-6-8-17(9-7-15)29-25(31)16-4-3-5-18(12-16)30-26(32)23-19-10-11-20(22-13-21(19)22)24(23)27(30)33/h3-12,14,19-24H,13H2,1-2H3,(H,29,31)/t19-,20-,21-,22+,23-,24+/m0/s1. The predicted octanol–water partition coefficient (Wildman–Crippen LogP) is 4.06. The third kappa shape index (κ3) is 3.49. The molecular formula is C28H26N2O5. The first kappa shape index (κ1) is 21.8. The molecule has 1 N–H and O–H groups in total. The number of imide groups is 1. The van der Waals surface area contributed by atoms with E-state index in [2.05, 4.69) is 17.5 Å². The number of nitrogens with one attached hydrogen (secondary N) is 1. The summed E-state index contributed by atoms with van der Waals surface area (Å²) >= 11 is 0. The van der Waals surface area contributed by atoms with Crippen LogP contribution < -0.4 is 10.2 Å². The second-order valence-electron chi connectivity index (χ2n) is 10.2. The molecule has 3 amide bonds. The molecule has 4 aliphatic carbocycles. The first-order valence-corrected chi connectivity index (χ1v) is 12.1. The molecule has 7 heteroatoms. The quantitative estimate of drug-likeness (QED) is 0.404. The number of anilines is 2. The monoisotopic (exact) mass is 470 g/mol. The van der Waals surface area contributed by atoms with Crippen LogP contribution in [0.4, 0.5) is 11.4 Å². The Labute approximate surface area is 203 Å². The maximum absolute atomic E-state index is 13.4. The van der Waals surface area contributed by atoms with Gasteiger partial charge in [-0.2, -0.15) is 0 Å². The zero-order valence-corrected chi connectivity index (χ0v) is 19.5. The van der Waals surface area contributed by atoms with Crippen molar-refractivity contribution in [1.29, 1.82) is 0 Å². The fourth-order valence-corrected chi connectivity index (χ4v) is 6.17. The highest BCUT2D eigenvalue weighted by atomic mass is 16.5. The summed E-state index contributed by atoms with van der Waals surface area (Å²) in [7, 11) is 0. The molecule has 1 heterocycles. The molecule has 3 fully saturated rings. The summed E-state index contributed by atoms with van der Waals surface area (Å²) in [5.41, 5.74) is 1.68. The van der Waals surface area contributed by atoms with Gasteiger partial charge in [-0.25, -0.2) is 9.69 Å². The molecule has 2 aromatic carbocycles. The summed E-state index contributed by atoms with van der Waals surface area (Å²) in [6.07, 6.45) is 5.19. The number of rotatable bonds is 5. The smallest absolute Gasteiger partial charge is 0.338 e. The van der Waals surface area contributed by atoms with Crippen LogP contribution in [0.1, 0.15) is 41.0 Å². The van der Waals surface area contributed by atoms with Gasteiger partial charge >= 0.3 is 5.97 Å². The molecule has 6 atom stereocenters. The van der Waals surface area contributed by atoms with Crippen molar-refractivity contribution in [1.82, 2.24) is 0 Å². The summed E-state index contributed by atoms with van der Waals surface area (Å²) < 4.78 is 5.18. The van der Waals surface area contributed by atoms with Crippen molar-refractivity contribution in [3.8, 4) is 0 Å². The van der Waals surface area contributed by atoms with Crippen molar-refractivity contribution in [2.45, 2.75) is 26.4 Å². The Hall–Kier alpha value is -3.74. The van der Waals surface area contributed by atoms with Gasteiger partial charge in [0, 0.05) is 11.3 Å². The molecule has 1 saturated heterocycles. The van der Waals surface area contributed by atoms with E-state index < -0.39 is 5.97 Å². The summed E-state index contributed by atoms with van der Waals surface area (Å²) in [5, 5.41) is 2.80. The molecule has 178 valence electrons. The van der Waals surface area contributed by atoms with Gasteiger partial charge in [0.15, 0.2) is 0 Å². The zero-order valence-electron chi connectivity index (χ0n) is 19.5. The molecule has 0 radical (unpaired) electrons. The minimum Gasteiger partial charge on any atom is -0.459 e. The third-order valence-electron chi connectivity index (χ3n) is 7.75. The van der Waals surface area contributed by atoms with Crippen LogP contribution in [0.25, 0.3) is 0 Å².